The van der Waals surface area contributed by atoms with Crippen molar-refractivity contribution in [3.05, 3.63) is 71.9 Å². The van der Waals surface area contributed by atoms with Crippen molar-refractivity contribution in [2.45, 2.75) is 45.4 Å². The van der Waals surface area contributed by atoms with Gasteiger partial charge in [-0.2, -0.15) is 0 Å². The van der Waals surface area contributed by atoms with Crippen LogP contribution in [0.2, 0.25) is 0 Å². The maximum absolute atomic E-state index is 12.9. The summed E-state index contributed by atoms with van der Waals surface area (Å²) in [4.78, 5) is 40.2. The molecule has 0 aliphatic carbocycles. The molecule has 0 saturated carbocycles. The van der Waals surface area contributed by atoms with Gasteiger partial charge in [-0.1, -0.05) is 62.4 Å². The highest BCUT2D eigenvalue weighted by Gasteiger charge is 2.28. The molecule has 3 aromatic rings. The summed E-state index contributed by atoms with van der Waals surface area (Å²) in [5.74, 6) is -1.62. The van der Waals surface area contributed by atoms with Crippen LogP contribution in [0.3, 0.4) is 0 Å². The first-order chi connectivity index (χ1) is 15.8. The number of rotatable bonds is 10. The van der Waals surface area contributed by atoms with Gasteiger partial charge in [-0.05, 0) is 29.5 Å². The van der Waals surface area contributed by atoms with Gasteiger partial charge < -0.3 is 25.5 Å². The number of hydrogen-bond acceptors (Lipinski definition) is 4. The van der Waals surface area contributed by atoms with Crippen LogP contribution in [0, 0.1) is 5.92 Å². The van der Waals surface area contributed by atoms with Crippen molar-refractivity contribution in [2.75, 3.05) is 0 Å². The van der Waals surface area contributed by atoms with E-state index in [0.717, 1.165) is 22.0 Å². The Morgan fingerprint density at radius 1 is 0.970 bits per heavy atom. The topological polar surface area (TPSA) is 121 Å². The third-order valence-electron chi connectivity index (χ3n) is 5.24. The number of carbonyl (C=O) groups is 3. The van der Waals surface area contributed by atoms with Gasteiger partial charge >= 0.3 is 12.1 Å². The van der Waals surface area contributed by atoms with Gasteiger partial charge in [0, 0.05) is 23.5 Å². The molecule has 8 nitrogen and oxygen atoms in total. The Kier molecular flexibility index (Phi) is 8.07. The lowest BCUT2D eigenvalue weighted by atomic mass is 10.0. The largest absolute Gasteiger partial charge is 0.480 e. The number of para-hydroxylation sites is 1. The molecule has 0 aliphatic rings. The van der Waals surface area contributed by atoms with E-state index in [-0.39, 0.29) is 18.9 Å². The number of alkyl carbamates (subject to hydrolysis) is 1. The van der Waals surface area contributed by atoms with E-state index in [9.17, 15) is 19.5 Å². The fraction of sp³-hybridized carbons (Fsp3) is 0.320. The van der Waals surface area contributed by atoms with Crippen molar-refractivity contribution in [1.29, 1.82) is 0 Å². The highest BCUT2D eigenvalue weighted by Crippen LogP contribution is 2.19. The first-order valence-corrected chi connectivity index (χ1v) is 10.9. The van der Waals surface area contributed by atoms with E-state index in [0.29, 0.717) is 6.42 Å². The van der Waals surface area contributed by atoms with E-state index >= 15 is 0 Å². The number of carboxylic acids is 1. The van der Waals surface area contributed by atoms with E-state index in [1.807, 2.05) is 68.4 Å². The number of carbonyl (C=O) groups excluding carboxylic acids is 2. The summed E-state index contributed by atoms with van der Waals surface area (Å²) >= 11 is 0. The molecule has 33 heavy (non-hydrogen) atoms. The number of aromatic nitrogens is 1. The average molecular weight is 452 g/mol. The fourth-order valence-corrected chi connectivity index (χ4v) is 3.60. The minimum atomic E-state index is -1.15. The van der Waals surface area contributed by atoms with E-state index in [2.05, 4.69) is 15.6 Å². The van der Waals surface area contributed by atoms with Gasteiger partial charge in [0.2, 0.25) is 5.91 Å². The summed E-state index contributed by atoms with van der Waals surface area (Å²) < 4.78 is 5.23. The average Bonchev–Trinajstić information content (AvgIpc) is 3.20. The first-order valence-electron chi connectivity index (χ1n) is 10.9. The summed E-state index contributed by atoms with van der Waals surface area (Å²) in [5.41, 5.74) is 2.50. The molecule has 0 spiro atoms. The molecule has 2 amide bonds. The molecule has 1 aromatic heterocycles. The van der Waals surface area contributed by atoms with Crippen LogP contribution in [0.5, 0.6) is 0 Å². The number of aromatic amines is 1. The maximum Gasteiger partial charge on any atom is 0.408 e. The Balaban J connectivity index is 1.65. The summed E-state index contributed by atoms with van der Waals surface area (Å²) in [5, 5.41) is 15.8. The van der Waals surface area contributed by atoms with Crippen LogP contribution in [-0.4, -0.2) is 40.1 Å². The second-order valence-electron chi connectivity index (χ2n) is 8.35. The van der Waals surface area contributed by atoms with E-state index in [1.54, 1.807) is 6.20 Å². The number of ether oxygens (including phenoxy) is 1. The molecule has 0 bridgehead atoms. The highest BCUT2D eigenvalue weighted by atomic mass is 16.5. The second kappa shape index (κ2) is 11.2. The zero-order chi connectivity index (χ0) is 23.8. The van der Waals surface area contributed by atoms with Crippen LogP contribution >= 0.6 is 0 Å². The lowest BCUT2D eigenvalue weighted by Crippen LogP contribution is -2.52. The smallest absolute Gasteiger partial charge is 0.408 e. The monoisotopic (exact) mass is 451 g/mol. The van der Waals surface area contributed by atoms with Crippen LogP contribution in [0.4, 0.5) is 4.79 Å². The van der Waals surface area contributed by atoms with Crippen LogP contribution < -0.4 is 10.6 Å². The Bertz CT molecular complexity index is 1090. The molecule has 174 valence electrons. The lowest BCUT2D eigenvalue weighted by molar-refractivity contribution is -0.142. The molecule has 2 aromatic carbocycles. The van der Waals surface area contributed by atoms with Gasteiger partial charge in [0.25, 0.3) is 0 Å². The number of nitrogens with one attached hydrogen (secondary N) is 3. The Hall–Kier alpha value is -3.81. The molecule has 0 fully saturated rings. The van der Waals surface area contributed by atoms with Gasteiger partial charge in [-0.25, -0.2) is 9.59 Å². The second-order valence-corrected chi connectivity index (χ2v) is 8.35. The fourth-order valence-electron chi connectivity index (χ4n) is 3.60. The Morgan fingerprint density at radius 2 is 1.67 bits per heavy atom. The van der Waals surface area contributed by atoms with Gasteiger partial charge in [0.1, 0.15) is 18.7 Å². The minimum Gasteiger partial charge on any atom is -0.480 e. The SMILES string of the molecule is CC(C)C[C@@H](NC(=O)OCc1ccccc1)C(=O)N[C@H](Cc1c[nH]c2ccccc12)C(=O)O. The summed E-state index contributed by atoms with van der Waals surface area (Å²) in [6.45, 7) is 3.90. The predicted molar refractivity (Wildman–Crippen MR) is 125 cm³/mol. The number of fused-ring (bicyclic) bond motifs is 1. The minimum absolute atomic E-state index is 0.0704. The molecule has 0 radical (unpaired) electrons. The number of amides is 2. The van der Waals surface area contributed by atoms with E-state index in [1.165, 1.54) is 0 Å². The van der Waals surface area contributed by atoms with Crippen LogP contribution in [0.25, 0.3) is 10.9 Å². The third kappa shape index (κ3) is 6.83. The molecule has 3 rings (SSSR count). The molecule has 0 saturated heterocycles. The van der Waals surface area contributed by atoms with Crippen LogP contribution in [0.1, 0.15) is 31.4 Å². The lowest BCUT2D eigenvalue weighted by Gasteiger charge is -2.22. The van der Waals surface area contributed by atoms with E-state index in [4.69, 9.17) is 4.74 Å². The quantitative estimate of drug-likeness (QED) is 0.375. The first kappa shape index (κ1) is 23.8. The van der Waals surface area contributed by atoms with Crippen molar-refractivity contribution < 1.29 is 24.2 Å². The van der Waals surface area contributed by atoms with Crippen LogP contribution in [0.15, 0.2) is 60.8 Å². The number of aliphatic carboxylic acids is 1. The molecule has 4 N–H and O–H groups in total. The number of benzene rings is 2. The van der Waals surface area contributed by atoms with Gasteiger partial charge in [0.15, 0.2) is 0 Å². The standard InChI is InChI=1S/C25H29N3O5/c1-16(2)12-21(28-25(32)33-15-17-8-4-3-5-9-17)23(29)27-22(24(30)31)13-18-14-26-20-11-7-6-10-19(18)20/h3-11,14,16,21-22,26H,12-13,15H2,1-2H3,(H,27,29)(H,28,32)(H,30,31)/t21-,22-/m1/s1. The number of carboxylic acid groups (broad SMARTS) is 1. The number of H-pyrrole nitrogens is 1. The Labute approximate surface area is 192 Å². The molecular formula is C25H29N3O5. The molecule has 1 heterocycles. The van der Waals surface area contributed by atoms with Crippen LogP contribution in [-0.2, 0) is 27.4 Å². The van der Waals surface area contributed by atoms with Gasteiger partial charge in [-0.15, -0.1) is 0 Å². The van der Waals surface area contributed by atoms with Crippen molar-refractivity contribution in [1.82, 2.24) is 15.6 Å². The predicted octanol–water partition coefficient (Wildman–Crippen LogP) is 3.62. The Morgan fingerprint density at radius 3 is 2.36 bits per heavy atom. The molecule has 8 heteroatoms. The molecular weight excluding hydrogens is 422 g/mol. The maximum atomic E-state index is 12.9. The third-order valence-corrected chi connectivity index (χ3v) is 5.24. The van der Waals surface area contributed by atoms with Gasteiger partial charge in [-0.3, -0.25) is 4.79 Å². The number of hydrogen-bond donors (Lipinski definition) is 4. The van der Waals surface area contributed by atoms with Crippen molar-refractivity contribution in [2.24, 2.45) is 5.92 Å². The van der Waals surface area contributed by atoms with Crippen molar-refractivity contribution in [3.8, 4) is 0 Å². The molecule has 2 atom stereocenters. The zero-order valence-corrected chi connectivity index (χ0v) is 18.7. The highest BCUT2D eigenvalue weighted by molar-refractivity contribution is 5.90. The van der Waals surface area contributed by atoms with E-state index < -0.39 is 30.1 Å². The summed E-state index contributed by atoms with van der Waals surface area (Å²) in [6, 6.07) is 14.7. The summed E-state index contributed by atoms with van der Waals surface area (Å²) in [6.07, 6.45) is 1.46. The zero-order valence-electron chi connectivity index (χ0n) is 18.7. The molecule has 0 unspecified atom stereocenters. The normalized spacial score (nSPS) is 12.8. The van der Waals surface area contributed by atoms with Gasteiger partial charge in [0.05, 0.1) is 0 Å². The van der Waals surface area contributed by atoms with Crippen molar-refractivity contribution >= 4 is 28.9 Å². The molecule has 0 aliphatic heterocycles. The van der Waals surface area contributed by atoms with Crippen molar-refractivity contribution in [3.63, 3.8) is 0 Å². The summed E-state index contributed by atoms with van der Waals surface area (Å²) in [7, 11) is 0.